The number of aromatic nitrogens is 3. The van der Waals surface area contributed by atoms with Crippen LogP contribution in [-0.4, -0.2) is 39.5 Å². The van der Waals surface area contributed by atoms with E-state index in [9.17, 15) is 18.0 Å². The third-order valence-corrected chi connectivity index (χ3v) is 10.7. The number of hydrogen-bond donors (Lipinski definition) is 0. The molecule has 0 spiro atoms. The molecule has 2 aliphatic rings. The average Bonchev–Trinajstić information content (AvgIpc) is 3.34. The Bertz CT molecular complexity index is 2120. The minimum Gasteiger partial charge on any atom is -0.358 e. The molecule has 0 saturated carbocycles. The van der Waals surface area contributed by atoms with Gasteiger partial charge in [0.2, 0.25) is 0 Å². The minimum atomic E-state index is -4.17. The lowest BCUT2D eigenvalue weighted by molar-refractivity contribution is -0.0366. The van der Waals surface area contributed by atoms with Gasteiger partial charge in [-0.05, 0) is 55.3 Å². The molecule has 234 valence electrons. The third-order valence-electron chi connectivity index (χ3n) is 8.84. The second-order valence-corrected chi connectivity index (χ2v) is 13.4. The maximum atomic E-state index is 14.7. The van der Waals surface area contributed by atoms with Crippen LogP contribution in [0.5, 0.6) is 0 Å². The van der Waals surface area contributed by atoms with Gasteiger partial charge in [0.15, 0.2) is 0 Å². The quantitative estimate of drug-likeness (QED) is 0.240. The monoisotopic (exact) mass is 634 g/mol. The number of benzene rings is 4. The summed E-state index contributed by atoms with van der Waals surface area (Å²) in [4.78, 5) is 29.1. The molecule has 0 unspecified atom stereocenters. The number of fused-ring (bicyclic) bond motifs is 3. The zero-order valence-corrected chi connectivity index (χ0v) is 26.3. The topological polar surface area (TPSA) is 95.5 Å². The molecule has 9 nitrogen and oxygen atoms in total. The predicted molar refractivity (Wildman–Crippen MR) is 175 cm³/mol. The van der Waals surface area contributed by atoms with Crippen LogP contribution in [-0.2, 0) is 14.8 Å². The molecule has 4 aromatic carbocycles. The van der Waals surface area contributed by atoms with Crippen LogP contribution in [0.3, 0.4) is 0 Å². The van der Waals surface area contributed by atoms with Crippen LogP contribution in [0.15, 0.2) is 142 Å². The van der Waals surface area contributed by atoms with Crippen molar-refractivity contribution >= 4 is 10.0 Å². The highest BCUT2D eigenvalue weighted by Gasteiger charge is 2.50. The van der Waals surface area contributed by atoms with E-state index in [-0.39, 0.29) is 23.8 Å². The van der Waals surface area contributed by atoms with E-state index in [0.717, 1.165) is 16.7 Å². The van der Waals surface area contributed by atoms with Crippen LogP contribution in [0.2, 0.25) is 0 Å². The molecule has 7 rings (SSSR count). The minimum absolute atomic E-state index is 0.119. The summed E-state index contributed by atoms with van der Waals surface area (Å²) in [5.41, 5.74) is 2.34. The van der Waals surface area contributed by atoms with Gasteiger partial charge in [-0.25, -0.2) is 36.2 Å². The van der Waals surface area contributed by atoms with Crippen molar-refractivity contribution in [3.63, 3.8) is 0 Å². The number of sulfonamides is 1. The fraction of sp³-hybridized carbons (Fsp3) is 0.222. The number of nitrogens with zero attached hydrogens (tertiary/aromatic N) is 4. The van der Waals surface area contributed by atoms with Crippen LogP contribution in [0, 0.1) is 6.92 Å². The number of ether oxygens (including phenoxy) is 1. The third kappa shape index (κ3) is 4.85. The van der Waals surface area contributed by atoms with Gasteiger partial charge < -0.3 is 4.74 Å². The lowest BCUT2D eigenvalue weighted by Gasteiger charge is -2.48. The standard InChI is InChI=1S/C36H34N4O5S/c1-3-45-33-23-30(26-13-7-4-8-14-26)34-32(40(33)46(43,44)29-21-19-25(2)20-22-29)24-31(27-15-9-5-10-16-27)38-35(41)37(36(42)39(34)38)28-17-11-6-12-18-28/h4-22,24,30-31,33-34H,3,23H2,1-2H3/t30-,31-,33-,34-/m1/s1. The first-order chi connectivity index (χ1) is 22.3. The number of allylic oxidation sites excluding steroid dienone is 2. The zero-order chi connectivity index (χ0) is 32.0. The number of para-hydroxylation sites is 1. The van der Waals surface area contributed by atoms with Crippen molar-refractivity contribution in [2.75, 3.05) is 6.61 Å². The second-order valence-electron chi connectivity index (χ2n) is 11.6. The average molecular weight is 635 g/mol. The molecular weight excluding hydrogens is 600 g/mol. The Hall–Kier alpha value is -4.93. The Kier molecular flexibility index (Phi) is 7.62. The Morgan fingerprint density at radius 3 is 1.91 bits per heavy atom. The summed E-state index contributed by atoms with van der Waals surface area (Å²) < 4.78 is 41.0. The SMILES string of the molecule is CCO[C@@H]1C[C@H](c2ccccc2)[C@@H]2C(=C[C@H](c3ccccc3)n3c(=O)n(-c4ccccc4)c(=O)n32)N1S(=O)(=O)c1ccc(C)cc1. The van der Waals surface area contributed by atoms with Gasteiger partial charge in [-0.15, -0.1) is 0 Å². The zero-order valence-electron chi connectivity index (χ0n) is 25.5. The van der Waals surface area contributed by atoms with E-state index < -0.39 is 39.7 Å². The molecule has 1 aromatic heterocycles. The van der Waals surface area contributed by atoms with Crippen molar-refractivity contribution < 1.29 is 13.2 Å². The van der Waals surface area contributed by atoms with Crippen LogP contribution in [0.1, 0.15) is 48.0 Å². The Morgan fingerprint density at radius 2 is 1.30 bits per heavy atom. The van der Waals surface area contributed by atoms with E-state index in [0.29, 0.717) is 11.4 Å². The highest BCUT2D eigenvalue weighted by atomic mass is 32.2. The smallest absolute Gasteiger partial charge is 0.352 e. The van der Waals surface area contributed by atoms with Gasteiger partial charge in [-0.3, -0.25) is 0 Å². The summed E-state index contributed by atoms with van der Waals surface area (Å²) in [5, 5.41) is 0. The van der Waals surface area contributed by atoms with Crippen molar-refractivity contribution in [2.45, 2.75) is 49.4 Å². The van der Waals surface area contributed by atoms with E-state index >= 15 is 0 Å². The van der Waals surface area contributed by atoms with Gasteiger partial charge >= 0.3 is 11.4 Å². The molecule has 4 atom stereocenters. The molecular formula is C36H34N4O5S. The first-order valence-corrected chi connectivity index (χ1v) is 16.8. The molecule has 10 heteroatoms. The lowest BCUT2D eigenvalue weighted by atomic mass is 9.81. The summed E-state index contributed by atoms with van der Waals surface area (Å²) in [6.45, 7) is 4.02. The van der Waals surface area contributed by atoms with Crippen molar-refractivity contribution in [3.8, 4) is 5.69 Å². The van der Waals surface area contributed by atoms with Gasteiger partial charge in [0.25, 0.3) is 10.0 Å². The number of rotatable bonds is 7. The number of hydrogen-bond acceptors (Lipinski definition) is 5. The van der Waals surface area contributed by atoms with E-state index in [1.165, 1.54) is 18.2 Å². The van der Waals surface area contributed by atoms with Gasteiger partial charge in [0.05, 0.1) is 16.3 Å². The maximum absolute atomic E-state index is 14.7. The first-order valence-electron chi connectivity index (χ1n) is 15.4. The molecule has 0 bridgehead atoms. The number of aryl methyl sites for hydroxylation is 1. The van der Waals surface area contributed by atoms with Crippen molar-refractivity contribution in [2.24, 2.45) is 0 Å². The predicted octanol–water partition coefficient (Wildman–Crippen LogP) is 5.38. The molecule has 5 aromatic rings. The second kappa shape index (κ2) is 11.8. The Labute approximate surface area is 267 Å². The van der Waals surface area contributed by atoms with Gasteiger partial charge in [0.1, 0.15) is 18.3 Å². The van der Waals surface area contributed by atoms with Crippen LogP contribution < -0.4 is 11.4 Å². The summed E-state index contributed by atoms with van der Waals surface area (Å²) in [6.07, 6.45) is 1.23. The van der Waals surface area contributed by atoms with Crippen molar-refractivity contribution in [1.82, 2.24) is 18.2 Å². The van der Waals surface area contributed by atoms with E-state index in [4.69, 9.17) is 4.74 Å². The molecule has 3 heterocycles. The fourth-order valence-corrected chi connectivity index (χ4v) is 8.38. The summed E-state index contributed by atoms with van der Waals surface area (Å²) in [6, 6.07) is 33.0. The van der Waals surface area contributed by atoms with E-state index in [2.05, 4.69) is 0 Å². The fourth-order valence-electron chi connectivity index (χ4n) is 6.77. The molecule has 2 aliphatic heterocycles. The van der Waals surface area contributed by atoms with Crippen molar-refractivity contribution in [1.29, 1.82) is 0 Å². The summed E-state index contributed by atoms with van der Waals surface area (Å²) in [5.74, 6) is -0.389. The maximum Gasteiger partial charge on any atom is 0.352 e. The van der Waals surface area contributed by atoms with Gasteiger partial charge in [-0.2, -0.15) is 0 Å². The van der Waals surface area contributed by atoms with E-state index in [1.54, 1.807) is 48.5 Å². The van der Waals surface area contributed by atoms with Crippen LogP contribution in [0.4, 0.5) is 0 Å². The molecule has 0 radical (unpaired) electrons. The molecule has 0 aliphatic carbocycles. The Balaban J connectivity index is 1.55. The number of piperidine rings is 1. The molecule has 1 fully saturated rings. The highest BCUT2D eigenvalue weighted by Crippen LogP contribution is 2.49. The lowest BCUT2D eigenvalue weighted by Crippen LogP contribution is -2.53. The van der Waals surface area contributed by atoms with Crippen molar-refractivity contribution in [3.05, 3.63) is 165 Å². The van der Waals surface area contributed by atoms with Crippen LogP contribution in [0.25, 0.3) is 5.69 Å². The largest absolute Gasteiger partial charge is 0.358 e. The summed E-state index contributed by atoms with van der Waals surface area (Å²) >= 11 is 0. The normalized spacial score (nSPS) is 20.9. The van der Waals surface area contributed by atoms with Gasteiger partial charge in [-0.1, -0.05) is 96.6 Å². The first kappa shape index (κ1) is 29.8. The molecule has 0 N–H and O–H groups in total. The van der Waals surface area contributed by atoms with Crippen LogP contribution >= 0.6 is 0 Å². The van der Waals surface area contributed by atoms with Gasteiger partial charge in [0, 0.05) is 18.9 Å². The molecule has 0 amide bonds. The molecule has 1 saturated heterocycles. The summed E-state index contributed by atoms with van der Waals surface area (Å²) in [7, 11) is -4.17. The Morgan fingerprint density at radius 1 is 0.739 bits per heavy atom. The van der Waals surface area contributed by atoms with E-state index in [1.807, 2.05) is 86.7 Å². The highest BCUT2D eigenvalue weighted by molar-refractivity contribution is 7.89. The molecule has 46 heavy (non-hydrogen) atoms.